The molecule has 1 heterocycles. The van der Waals surface area contributed by atoms with Gasteiger partial charge in [0.2, 0.25) is 5.28 Å². The van der Waals surface area contributed by atoms with Crippen molar-refractivity contribution in [2.75, 3.05) is 13.2 Å². The Kier molecular flexibility index (Phi) is 4.01. The van der Waals surface area contributed by atoms with Crippen molar-refractivity contribution in [2.45, 2.75) is 32.6 Å². The van der Waals surface area contributed by atoms with E-state index >= 15 is 0 Å². The molecule has 1 aliphatic rings. The number of hydrogen-bond donors (Lipinski definition) is 0. The molecule has 1 fully saturated rings. The molecule has 0 N–H and O–H groups in total. The van der Waals surface area contributed by atoms with E-state index in [9.17, 15) is 0 Å². The summed E-state index contributed by atoms with van der Waals surface area (Å²) in [5.41, 5.74) is 0.833. The molecular formula is C15H18ClN3O2. The zero-order valence-corrected chi connectivity index (χ0v) is 12.9. The van der Waals surface area contributed by atoms with Crippen molar-refractivity contribution in [1.82, 2.24) is 14.8 Å². The number of nitrogens with zero attached hydrogens (tertiary/aromatic N) is 3. The molecule has 1 saturated carbocycles. The standard InChI is InChI=1S/C15H18ClN3O2/c1-3-20-11-7-8-13(21-4-2)12(9-11)19-14(10-5-6-10)17-18-15(19)16/h7-10H,3-6H2,1-2H3. The van der Waals surface area contributed by atoms with Gasteiger partial charge < -0.3 is 9.47 Å². The van der Waals surface area contributed by atoms with Crippen molar-refractivity contribution in [2.24, 2.45) is 0 Å². The van der Waals surface area contributed by atoms with Gasteiger partial charge in [-0.3, -0.25) is 4.57 Å². The molecule has 112 valence electrons. The van der Waals surface area contributed by atoms with Gasteiger partial charge in [0, 0.05) is 12.0 Å². The SMILES string of the molecule is CCOc1ccc(OCC)c(-n2c(Cl)nnc2C2CC2)c1. The number of rotatable bonds is 6. The number of hydrogen-bond acceptors (Lipinski definition) is 4. The Bertz CT molecular complexity index is 638. The Morgan fingerprint density at radius 2 is 1.95 bits per heavy atom. The van der Waals surface area contributed by atoms with Crippen molar-refractivity contribution in [3.8, 4) is 17.2 Å². The van der Waals surface area contributed by atoms with Gasteiger partial charge >= 0.3 is 0 Å². The molecular weight excluding hydrogens is 290 g/mol. The van der Waals surface area contributed by atoms with Gasteiger partial charge in [-0.05, 0) is 50.4 Å². The van der Waals surface area contributed by atoms with E-state index in [-0.39, 0.29) is 0 Å². The lowest BCUT2D eigenvalue weighted by atomic mass is 10.2. The monoisotopic (exact) mass is 307 g/mol. The number of halogens is 1. The first-order chi connectivity index (χ1) is 10.2. The third kappa shape index (κ3) is 2.83. The maximum atomic E-state index is 6.25. The van der Waals surface area contributed by atoms with Crippen LogP contribution in [0.3, 0.4) is 0 Å². The highest BCUT2D eigenvalue weighted by molar-refractivity contribution is 6.28. The Hall–Kier alpha value is -1.75. The van der Waals surface area contributed by atoms with E-state index in [0.29, 0.717) is 24.4 Å². The average molecular weight is 308 g/mol. The van der Waals surface area contributed by atoms with Gasteiger partial charge in [0.15, 0.2) is 0 Å². The van der Waals surface area contributed by atoms with E-state index in [1.165, 1.54) is 0 Å². The second-order valence-corrected chi connectivity index (χ2v) is 5.27. The number of ether oxygens (including phenoxy) is 2. The topological polar surface area (TPSA) is 49.2 Å². The molecule has 2 aromatic rings. The van der Waals surface area contributed by atoms with E-state index < -0.39 is 0 Å². The van der Waals surface area contributed by atoms with Gasteiger partial charge in [0.25, 0.3) is 0 Å². The van der Waals surface area contributed by atoms with Crippen LogP contribution in [0.25, 0.3) is 5.69 Å². The molecule has 0 bridgehead atoms. The third-order valence-corrected chi connectivity index (χ3v) is 3.62. The van der Waals surface area contributed by atoms with E-state index in [0.717, 1.165) is 35.9 Å². The number of aromatic nitrogens is 3. The summed E-state index contributed by atoms with van der Waals surface area (Å²) in [5.74, 6) is 2.87. The van der Waals surface area contributed by atoms with Gasteiger partial charge in [0.05, 0.1) is 18.9 Å². The van der Waals surface area contributed by atoms with Crippen LogP contribution in [-0.2, 0) is 0 Å². The summed E-state index contributed by atoms with van der Waals surface area (Å²) in [6.45, 7) is 5.10. The molecule has 5 nitrogen and oxygen atoms in total. The lowest BCUT2D eigenvalue weighted by molar-refractivity contribution is 0.329. The van der Waals surface area contributed by atoms with Crippen molar-refractivity contribution < 1.29 is 9.47 Å². The Morgan fingerprint density at radius 3 is 2.62 bits per heavy atom. The summed E-state index contributed by atoms with van der Waals surface area (Å²) in [6, 6.07) is 5.72. The molecule has 6 heteroatoms. The van der Waals surface area contributed by atoms with E-state index in [1.54, 1.807) is 0 Å². The average Bonchev–Trinajstić information content (AvgIpc) is 3.24. The molecule has 1 aromatic heterocycles. The predicted molar refractivity (Wildman–Crippen MR) is 80.7 cm³/mol. The van der Waals surface area contributed by atoms with Gasteiger partial charge in [-0.25, -0.2) is 0 Å². The first kappa shape index (κ1) is 14.2. The van der Waals surface area contributed by atoms with Crippen LogP contribution >= 0.6 is 11.6 Å². The zero-order valence-electron chi connectivity index (χ0n) is 12.2. The highest BCUT2D eigenvalue weighted by Crippen LogP contribution is 2.42. The van der Waals surface area contributed by atoms with Crippen molar-refractivity contribution in [1.29, 1.82) is 0 Å². The molecule has 1 aromatic carbocycles. The van der Waals surface area contributed by atoms with Crippen LogP contribution in [0, 0.1) is 0 Å². The van der Waals surface area contributed by atoms with E-state index in [2.05, 4.69) is 10.2 Å². The summed E-state index contributed by atoms with van der Waals surface area (Å²) in [6.07, 6.45) is 2.26. The number of benzene rings is 1. The van der Waals surface area contributed by atoms with Gasteiger partial charge in [-0.15, -0.1) is 10.2 Å². The fraction of sp³-hybridized carbons (Fsp3) is 0.467. The van der Waals surface area contributed by atoms with Crippen molar-refractivity contribution >= 4 is 11.6 Å². The van der Waals surface area contributed by atoms with E-state index in [1.807, 2.05) is 36.6 Å². The molecule has 0 aliphatic heterocycles. The lowest BCUT2D eigenvalue weighted by Gasteiger charge is -2.15. The maximum Gasteiger partial charge on any atom is 0.229 e. The van der Waals surface area contributed by atoms with Crippen molar-refractivity contribution in [3.05, 3.63) is 29.3 Å². The molecule has 0 amide bonds. The van der Waals surface area contributed by atoms with Crippen molar-refractivity contribution in [3.63, 3.8) is 0 Å². The van der Waals surface area contributed by atoms with Gasteiger partial charge in [0.1, 0.15) is 17.3 Å². The highest BCUT2D eigenvalue weighted by Gasteiger charge is 2.31. The zero-order chi connectivity index (χ0) is 14.8. The molecule has 0 spiro atoms. The molecule has 3 rings (SSSR count). The van der Waals surface area contributed by atoms with Crippen LogP contribution in [0.5, 0.6) is 11.5 Å². The quantitative estimate of drug-likeness (QED) is 0.818. The Labute approximate surface area is 128 Å². The molecule has 21 heavy (non-hydrogen) atoms. The minimum atomic E-state index is 0.353. The molecule has 1 aliphatic carbocycles. The molecule has 0 unspecified atom stereocenters. The second kappa shape index (κ2) is 5.93. The highest BCUT2D eigenvalue weighted by atomic mass is 35.5. The van der Waals surface area contributed by atoms with E-state index in [4.69, 9.17) is 21.1 Å². The van der Waals surface area contributed by atoms with Gasteiger partial charge in [-0.2, -0.15) is 0 Å². The van der Waals surface area contributed by atoms with Crippen LogP contribution in [0.15, 0.2) is 18.2 Å². The van der Waals surface area contributed by atoms with Crippen LogP contribution in [-0.4, -0.2) is 28.0 Å². The van der Waals surface area contributed by atoms with Crippen LogP contribution in [0.4, 0.5) is 0 Å². The maximum absolute atomic E-state index is 6.25. The molecule has 0 saturated heterocycles. The lowest BCUT2D eigenvalue weighted by Crippen LogP contribution is -2.05. The summed E-state index contributed by atoms with van der Waals surface area (Å²) >= 11 is 6.25. The predicted octanol–water partition coefficient (Wildman–Crippen LogP) is 3.60. The second-order valence-electron chi connectivity index (χ2n) is 4.93. The summed E-state index contributed by atoms with van der Waals surface area (Å²) in [4.78, 5) is 0. The minimum Gasteiger partial charge on any atom is -0.494 e. The Balaban J connectivity index is 2.10. The largest absolute Gasteiger partial charge is 0.494 e. The molecule has 0 radical (unpaired) electrons. The van der Waals surface area contributed by atoms with Crippen LogP contribution in [0.1, 0.15) is 38.4 Å². The van der Waals surface area contributed by atoms with Crippen LogP contribution in [0.2, 0.25) is 5.28 Å². The summed E-state index contributed by atoms with van der Waals surface area (Å²) < 4.78 is 13.2. The summed E-state index contributed by atoms with van der Waals surface area (Å²) in [7, 11) is 0. The smallest absolute Gasteiger partial charge is 0.229 e. The fourth-order valence-corrected chi connectivity index (χ4v) is 2.53. The third-order valence-electron chi connectivity index (χ3n) is 3.37. The normalized spacial score (nSPS) is 14.2. The van der Waals surface area contributed by atoms with Gasteiger partial charge in [-0.1, -0.05) is 0 Å². The minimum absolute atomic E-state index is 0.353. The molecule has 0 atom stereocenters. The first-order valence-corrected chi connectivity index (χ1v) is 7.63. The first-order valence-electron chi connectivity index (χ1n) is 7.25. The Morgan fingerprint density at radius 1 is 1.19 bits per heavy atom. The fourth-order valence-electron chi connectivity index (χ4n) is 2.31. The summed E-state index contributed by atoms with van der Waals surface area (Å²) in [5, 5.41) is 8.58. The van der Waals surface area contributed by atoms with Crippen LogP contribution < -0.4 is 9.47 Å².